The quantitative estimate of drug-likeness (QED) is 0.463. The number of thiophene rings is 1. The SMILES string of the molecule is CCCCn1cnc2sc(C(=O)NCCc3ccc(OCC)c(OCC)c3)c(C)c2c1=O. The first-order valence-corrected chi connectivity index (χ1v) is 12.0. The van der Waals surface area contributed by atoms with Gasteiger partial charge in [-0.15, -0.1) is 11.3 Å². The number of carbonyl (C=O) groups is 1. The second-order valence-corrected chi connectivity index (χ2v) is 8.49. The minimum Gasteiger partial charge on any atom is -0.490 e. The Morgan fingerprint density at radius 3 is 2.62 bits per heavy atom. The van der Waals surface area contributed by atoms with Gasteiger partial charge < -0.3 is 14.8 Å². The Kier molecular flexibility index (Phi) is 8.27. The summed E-state index contributed by atoms with van der Waals surface area (Å²) in [7, 11) is 0. The number of unbranched alkanes of at least 4 members (excludes halogenated alkanes) is 1. The minimum atomic E-state index is -0.180. The van der Waals surface area contributed by atoms with Gasteiger partial charge in [-0.2, -0.15) is 0 Å². The fraction of sp³-hybridized carbons (Fsp3) is 0.458. The molecule has 0 radical (unpaired) electrons. The maximum absolute atomic E-state index is 12.8. The molecule has 8 heteroatoms. The molecular weight excluding hydrogens is 426 g/mol. The van der Waals surface area contributed by atoms with Crippen LogP contribution in [-0.4, -0.2) is 35.2 Å². The van der Waals surface area contributed by atoms with Gasteiger partial charge in [0.05, 0.1) is 29.8 Å². The third kappa shape index (κ3) is 5.30. The van der Waals surface area contributed by atoms with Gasteiger partial charge in [-0.1, -0.05) is 19.4 Å². The average Bonchev–Trinajstić information content (AvgIpc) is 3.12. The largest absolute Gasteiger partial charge is 0.490 e. The van der Waals surface area contributed by atoms with Crippen LogP contribution in [0.2, 0.25) is 0 Å². The van der Waals surface area contributed by atoms with Crippen molar-refractivity contribution >= 4 is 27.5 Å². The first-order chi connectivity index (χ1) is 15.5. The van der Waals surface area contributed by atoms with Crippen molar-refractivity contribution in [3.8, 4) is 11.5 Å². The molecule has 0 spiro atoms. The summed E-state index contributed by atoms with van der Waals surface area (Å²) < 4.78 is 12.9. The maximum Gasteiger partial charge on any atom is 0.262 e. The lowest BCUT2D eigenvalue weighted by molar-refractivity contribution is 0.0957. The monoisotopic (exact) mass is 457 g/mol. The molecule has 1 aromatic carbocycles. The van der Waals surface area contributed by atoms with Crippen molar-refractivity contribution in [2.45, 2.75) is 53.5 Å². The molecule has 32 heavy (non-hydrogen) atoms. The number of hydrogen-bond acceptors (Lipinski definition) is 6. The van der Waals surface area contributed by atoms with E-state index in [2.05, 4.69) is 17.2 Å². The predicted molar refractivity (Wildman–Crippen MR) is 128 cm³/mol. The lowest BCUT2D eigenvalue weighted by Crippen LogP contribution is -2.25. The number of rotatable bonds is 11. The topological polar surface area (TPSA) is 82.5 Å². The first kappa shape index (κ1) is 23.8. The van der Waals surface area contributed by atoms with Crippen molar-refractivity contribution in [3.63, 3.8) is 0 Å². The van der Waals surface area contributed by atoms with Crippen LogP contribution in [-0.2, 0) is 13.0 Å². The van der Waals surface area contributed by atoms with E-state index in [0.717, 1.165) is 24.2 Å². The average molecular weight is 458 g/mol. The highest BCUT2D eigenvalue weighted by molar-refractivity contribution is 7.20. The zero-order valence-corrected chi connectivity index (χ0v) is 20.0. The van der Waals surface area contributed by atoms with Gasteiger partial charge in [0.25, 0.3) is 11.5 Å². The van der Waals surface area contributed by atoms with Crippen molar-refractivity contribution in [3.05, 3.63) is 50.9 Å². The molecule has 7 nitrogen and oxygen atoms in total. The molecule has 3 rings (SSSR count). The van der Waals surface area contributed by atoms with Gasteiger partial charge >= 0.3 is 0 Å². The summed E-state index contributed by atoms with van der Waals surface area (Å²) in [6.07, 6.45) is 4.16. The van der Waals surface area contributed by atoms with Crippen LogP contribution in [0, 0.1) is 6.92 Å². The molecule has 0 saturated heterocycles. The smallest absolute Gasteiger partial charge is 0.262 e. The highest BCUT2D eigenvalue weighted by atomic mass is 32.1. The molecule has 0 bridgehead atoms. The molecule has 2 aromatic heterocycles. The lowest BCUT2D eigenvalue weighted by atomic mass is 10.1. The summed E-state index contributed by atoms with van der Waals surface area (Å²) >= 11 is 1.27. The van der Waals surface area contributed by atoms with Crippen molar-refractivity contribution in [2.75, 3.05) is 19.8 Å². The van der Waals surface area contributed by atoms with Crippen LogP contribution in [0.15, 0.2) is 29.3 Å². The Morgan fingerprint density at radius 1 is 1.16 bits per heavy atom. The van der Waals surface area contributed by atoms with Gasteiger partial charge in [0.1, 0.15) is 4.83 Å². The highest BCUT2D eigenvalue weighted by Crippen LogP contribution is 2.29. The van der Waals surface area contributed by atoms with Gasteiger partial charge in [-0.05, 0) is 56.9 Å². The molecule has 0 unspecified atom stereocenters. The van der Waals surface area contributed by atoms with E-state index >= 15 is 0 Å². The fourth-order valence-corrected chi connectivity index (χ4v) is 4.57. The molecule has 172 valence electrons. The molecule has 1 amide bonds. The van der Waals surface area contributed by atoms with Crippen molar-refractivity contribution in [2.24, 2.45) is 0 Å². The Morgan fingerprint density at radius 2 is 1.91 bits per heavy atom. The lowest BCUT2D eigenvalue weighted by Gasteiger charge is -2.12. The molecule has 0 aliphatic carbocycles. The summed E-state index contributed by atoms with van der Waals surface area (Å²) in [5, 5.41) is 3.52. The van der Waals surface area contributed by atoms with E-state index in [0.29, 0.717) is 59.1 Å². The highest BCUT2D eigenvalue weighted by Gasteiger charge is 2.19. The number of carbonyl (C=O) groups excluding carboxylic acids is 1. The molecule has 0 saturated carbocycles. The summed E-state index contributed by atoms with van der Waals surface area (Å²) in [6, 6.07) is 5.83. The van der Waals surface area contributed by atoms with E-state index in [1.165, 1.54) is 11.3 Å². The molecule has 1 N–H and O–H groups in total. The Balaban J connectivity index is 1.70. The number of amides is 1. The molecule has 0 aliphatic rings. The summed E-state index contributed by atoms with van der Waals surface area (Å²) in [6.45, 7) is 10.0. The molecule has 0 atom stereocenters. The Labute approximate surface area is 192 Å². The molecular formula is C24H31N3O4S. The molecule has 0 fully saturated rings. The van der Waals surface area contributed by atoms with Gasteiger partial charge in [0.15, 0.2) is 11.5 Å². The van der Waals surface area contributed by atoms with E-state index in [4.69, 9.17) is 9.47 Å². The second kappa shape index (κ2) is 11.1. The van der Waals surface area contributed by atoms with E-state index in [-0.39, 0.29) is 11.5 Å². The number of aromatic nitrogens is 2. The minimum absolute atomic E-state index is 0.0749. The molecule has 0 aliphatic heterocycles. The third-order valence-electron chi connectivity index (χ3n) is 5.18. The summed E-state index contributed by atoms with van der Waals surface area (Å²) in [5.74, 6) is 1.25. The van der Waals surface area contributed by atoms with E-state index < -0.39 is 0 Å². The van der Waals surface area contributed by atoms with E-state index in [1.807, 2.05) is 39.0 Å². The van der Waals surface area contributed by atoms with Gasteiger partial charge in [-0.3, -0.25) is 14.2 Å². The van der Waals surface area contributed by atoms with Crippen molar-refractivity contribution in [1.82, 2.24) is 14.9 Å². The van der Waals surface area contributed by atoms with E-state index in [9.17, 15) is 9.59 Å². The number of benzene rings is 1. The number of nitrogens with one attached hydrogen (secondary N) is 1. The van der Waals surface area contributed by atoms with Crippen LogP contribution in [0.5, 0.6) is 11.5 Å². The first-order valence-electron chi connectivity index (χ1n) is 11.1. The zero-order valence-electron chi connectivity index (χ0n) is 19.2. The van der Waals surface area contributed by atoms with Crippen molar-refractivity contribution in [1.29, 1.82) is 0 Å². The van der Waals surface area contributed by atoms with Crippen molar-refractivity contribution < 1.29 is 14.3 Å². The number of fused-ring (bicyclic) bond motifs is 1. The third-order valence-corrected chi connectivity index (χ3v) is 6.38. The van der Waals surface area contributed by atoms with Gasteiger partial charge in [0.2, 0.25) is 0 Å². The van der Waals surface area contributed by atoms with Crippen LogP contribution in [0.3, 0.4) is 0 Å². The number of aryl methyl sites for hydroxylation is 2. The maximum atomic E-state index is 12.8. The summed E-state index contributed by atoms with van der Waals surface area (Å²) in [5.41, 5.74) is 1.67. The van der Waals surface area contributed by atoms with Crippen LogP contribution >= 0.6 is 11.3 Å². The number of nitrogens with zero attached hydrogens (tertiary/aromatic N) is 2. The Hall–Kier alpha value is -2.87. The normalized spacial score (nSPS) is 11.0. The zero-order chi connectivity index (χ0) is 23.1. The number of hydrogen-bond donors (Lipinski definition) is 1. The fourth-order valence-electron chi connectivity index (χ4n) is 3.52. The predicted octanol–water partition coefficient (Wildman–Crippen LogP) is 4.34. The van der Waals surface area contributed by atoms with Crippen LogP contribution in [0.1, 0.15) is 54.4 Å². The summed E-state index contributed by atoms with van der Waals surface area (Å²) in [4.78, 5) is 31.2. The van der Waals surface area contributed by atoms with Crippen LogP contribution in [0.4, 0.5) is 0 Å². The second-order valence-electron chi connectivity index (χ2n) is 7.49. The van der Waals surface area contributed by atoms with Gasteiger partial charge in [0, 0.05) is 13.1 Å². The Bertz CT molecular complexity index is 1140. The molecule has 2 heterocycles. The van der Waals surface area contributed by atoms with Gasteiger partial charge in [-0.25, -0.2) is 4.98 Å². The van der Waals surface area contributed by atoms with Crippen LogP contribution in [0.25, 0.3) is 10.2 Å². The number of ether oxygens (including phenoxy) is 2. The van der Waals surface area contributed by atoms with Crippen LogP contribution < -0.4 is 20.3 Å². The standard InChI is InChI=1S/C24H31N3O4S/c1-5-8-13-27-15-26-23-20(24(27)29)16(4)21(32-23)22(28)25-12-11-17-9-10-18(30-6-2)19(14-17)31-7-3/h9-10,14-15H,5-8,11-13H2,1-4H3,(H,25,28). The molecule has 3 aromatic rings. The van der Waals surface area contributed by atoms with E-state index in [1.54, 1.807) is 10.9 Å².